The molecule has 2 aromatic rings. The van der Waals surface area contributed by atoms with Crippen molar-refractivity contribution in [2.45, 2.75) is 24.3 Å². The Hall–Kier alpha value is -2.00. The van der Waals surface area contributed by atoms with Crippen molar-refractivity contribution in [3.8, 4) is 11.5 Å². The first-order chi connectivity index (χ1) is 10.3. The standard InChI is InChI=1S/C18H19NO2/c19-17(18(8-9-18)14-4-2-1-3-5-14)13-6-7-15-16(12-13)21-11-10-20-15/h1-7,12,17H,8-11,19H2. The Morgan fingerprint density at radius 3 is 2.33 bits per heavy atom. The molecule has 0 saturated heterocycles. The third-order valence-electron chi connectivity index (χ3n) is 4.66. The van der Waals surface area contributed by atoms with Crippen molar-refractivity contribution in [1.82, 2.24) is 0 Å². The van der Waals surface area contributed by atoms with Crippen molar-refractivity contribution >= 4 is 0 Å². The van der Waals surface area contributed by atoms with Crippen LogP contribution in [-0.2, 0) is 5.41 Å². The molecule has 0 spiro atoms. The molecule has 4 rings (SSSR count). The SMILES string of the molecule is NC(c1ccc2c(c1)OCCO2)C1(c2ccccc2)CC1. The molecule has 2 aliphatic rings. The summed E-state index contributed by atoms with van der Waals surface area (Å²) in [5.41, 5.74) is 9.16. The topological polar surface area (TPSA) is 44.5 Å². The lowest BCUT2D eigenvalue weighted by molar-refractivity contribution is 0.171. The second-order valence-electron chi connectivity index (χ2n) is 5.90. The van der Waals surface area contributed by atoms with Gasteiger partial charge in [-0.25, -0.2) is 0 Å². The first kappa shape index (κ1) is 12.7. The number of ether oxygens (including phenoxy) is 2. The van der Waals surface area contributed by atoms with Crippen molar-refractivity contribution in [2.75, 3.05) is 13.2 Å². The predicted octanol–water partition coefficient (Wildman–Crippen LogP) is 3.19. The van der Waals surface area contributed by atoms with Crippen LogP contribution in [0.25, 0.3) is 0 Å². The Morgan fingerprint density at radius 1 is 0.905 bits per heavy atom. The van der Waals surface area contributed by atoms with E-state index in [4.69, 9.17) is 15.2 Å². The van der Waals surface area contributed by atoms with Gasteiger partial charge in [-0.05, 0) is 36.1 Å². The fourth-order valence-electron chi connectivity index (χ4n) is 3.26. The lowest BCUT2D eigenvalue weighted by Crippen LogP contribution is -2.26. The third-order valence-corrected chi connectivity index (χ3v) is 4.66. The number of rotatable bonds is 3. The highest BCUT2D eigenvalue weighted by atomic mass is 16.6. The zero-order chi connectivity index (χ0) is 14.3. The number of nitrogens with two attached hydrogens (primary N) is 1. The molecule has 3 heteroatoms. The Balaban J connectivity index is 1.67. The smallest absolute Gasteiger partial charge is 0.161 e. The number of hydrogen-bond acceptors (Lipinski definition) is 3. The van der Waals surface area contributed by atoms with Gasteiger partial charge in [-0.1, -0.05) is 36.4 Å². The normalized spacial score (nSPS) is 19.9. The first-order valence-corrected chi connectivity index (χ1v) is 7.50. The molecule has 2 N–H and O–H groups in total. The van der Waals surface area contributed by atoms with E-state index in [-0.39, 0.29) is 11.5 Å². The van der Waals surface area contributed by atoms with Gasteiger partial charge in [-0.3, -0.25) is 0 Å². The van der Waals surface area contributed by atoms with Crippen LogP contribution >= 0.6 is 0 Å². The molecular formula is C18H19NO2. The predicted molar refractivity (Wildman–Crippen MR) is 81.7 cm³/mol. The average molecular weight is 281 g/mol. The number of fused-ring (bicyclic) bond motifs is 1. The van der Waals surface area contributed by atoms with Crippen LogP contribution in [0.15, 0.2) is 48.5 Å². The highest BCUT2D eigenvalue weighted by molar-refractivity contribution is 5.47. The van der Waals surface area contributed by atoms with Crippen molar-refractivity contribution < 1.29 is 9.47 Å². The average Bonchev–Trinajstić information content (AvgIpc) is 3.36. The summed E-state index contributed by atoms with van der Waals surface area (Å²) >= 11 is 0. The lowest BCUT2D eigenvalue weighted by Gasteiger charge is -2.26. The molecule has 0 radical (unpaired) electrons. The minimum absolute atomic E-state index is 0.00396. The van der Waals surface area contributed by atoms with E-state index >= 15 is 0 Å². The van der Waals surface area contributed by atoms with Crippen LogP contribution in [0.3, 0.4) is 0 Å². The van der Waals surface area contributed by atoms with Gasteiger partial charge in [-0.2, -0.15) is 0 Å². The highest BCUT2D eigenvalue weighted by Gasteiger charge is 2.49. The zero-order valence-corrected chi connectivity index (χ0v) is 11.9. The van der Waals surface area contributed by atoms with E-state index in [0.29, 0.717) is 13.2 Å². The van der Waals surface area contributed by atoms with Gasteiger partial charge in [0.1, 0.15) is 13.2 Å². The van der Waals surface area contributed by atoms with Gasteiger partial charge in [0.25, 0.3) is 0 Å². The Bertz CT molecular complexity index is 650. The minimum Gasteiger partial charge on any atom is -0.486 e. The van der Waals surface area contributed by atoms with Crippen molar-refractivity contribution in [3.63, 3.8) is 0 Å². The van der Waals surface area contributed by atoms with Crippen LogP contribution < -0.4 is 15.2 Å². The van der Waals surface area contributed by atoms with E-state index in [1.54, 1.807) is 0 Å². The van der Waals surface area contributed by atoms with Crippen LogP contribution in [-0.4, -0.2) is 13.2 Å². The van der Waals surface area contributed by atoms with Gasteiger partial charge in [0.05, 0.1) is 0 Å². The molecule has 0 aromatic heterocycles. The summed E-state index contributed by atoms with van der Waals surface area (Å²) in [6.45, 7) is 1.22. The molecule has 1 unspecified atom stereocenters. The van der Waals surface area contributed by atoms with E-state index in [1.807, 2.05) is 12.1 Å². The second kappa shape index (κ2) is 4.78. The Labute approximate surface area is 124 Å². The quantitative estimate of drug-likeness (QED) is 0.939. The summed E-state index contributed by atoms with van der Waals surface area (Å²) in [7, 11) is 0. The van der Waals surface area contributed by atoms with E-state index in [1.165, 1.54) is 5.56 Å². The van der Waals surface area contributed by atoms with E-state index in [2.05, 4.69) is 36.4 Å². The van der Waals surface area contributed by atoms with E-state index in [0.717, 1.165) is 29.9 Å². The summed E-state index contributed by atoms with van der Waals surface area (Å²) in [5, 5.41) is 0. The van der Waals surface area contributed by atoms with Crippen LogP contribution in [0, 0.1) is 0 Å². The van der Waals surface area contributed by atoms with Crippen molar-refractivity contribution in [1.29, 1.82) is 0 Å². The molecule has 108 valence electrons. The molecule has 0 amide bonds. The summed E-state index contributed by atoms with van der Waals surface area (Å²) in [6.07, 6.45) is 2.29. The molecule has 3 nitrogen and oxygen atoms in total. The van der Waals surface area contributed by atoms with Gasteiger partial charge < -0.3 is 15.2 Å². The molecular weight excluding hydrogens is 262 g/mol. The van der Waals surface area contributed by atoms with Gasteiger partial charge in [0, 0.05) is 11.5 Å². The number of benzene rings is 2. The first-order valence-electron chi connectivity index (χ1n) is 7.50. The van der Waals surface area contributed by atoms with Crippen LogP contribution in [0.4, 0.5) is 0 Å². The largest absolute Gasteiger partial charge is 0.486 e. The Kier molecular flexibility index (Phi) is 2.89. The van der Waals surface area contributed by atoms with Gasteiger partial charge in [-0.15, -0.1) is 0 Å². The fourth-order valence-corrected chi connectivity index (χ4v) is 3.26. The second-order valence-corrected chi connectivity index (χ2v) is 5.90. The van der Waals surface area contributed by atoms with E-state index in [9.17, 15) is 0 Å². The molecule has 2 aromatic carbocycles. The summed E-state index contributed by atoms with van der Waals surface area (Å²) < 4.78 is 11.3. The lowest BCUT2D eigenvalue weighted by atomic mass is 9.84. The van der Waals surface area contributed by atoms with Crippen LogP contribution in [0.1, 0.15) is 30.0 Å². The molecule has 21 heavy (non-hydrogen) atoms. The summed E-state index contributed by atoms with van der Waals surface area (Å²) in [4.78, 5) is 0. The zero-order valence-electron chi connectivity index (χ0n) is 11.9. The number of hydrogen-bond donors (Lipinski definition) is 1. The van der Waals surface area contributed by atoms with Gasteiger partial charge >= 0.3 is 0 Å². The van der Waals surface area contributed by atoms with Gasteiger partial charge in [0.2, 0.25) is 0 Å². The summed E-state index contributed by atoms with van der Waals surface area (Å²) in [5.74, 6) is 1.64. The molecule has 0 bridgehead atoms. The summed E-state index contributed by atoms with van der Waals surface area (Å²) in [6, 6.07) is 16.7. The monoisotopic (exact) mass is 281 g/mol. The molecule has 1 atom stereocenters. The molecule has 1 saturated carbocycles. The Morgan fingerprint density at radius 2 is 1.62 bits per heavy atom. The maximum atomic E-state index is 6.60. The van der Waals surface area contributed by atoms with E-state index < -0.39 is 0 Å². The van der Waals surface area contributed by atoms with Crippen molar-refractivity contribution in [2.24, 2.45) is 5.73 Å². The molecule has 1 fully saturated rings. The molecule has 1 aliphatic heterocycles. The minimum atomic E-state index is -0.00396. The van der Waals surface area contributed by atoms with Crippen LogP contribution in [0.5, 0.6) is 11.5 Å². The maximum Gasteiger partial charge on any atom is 0.161 e. The fraction of sp³-hybridized carbons (Fsp3) is 0.333. The third kappa shape index (κ3) is 2.09. The molecule has 1 aliphatic carbocycles. The van der Waals surface area contributed by atoms with Gasteiger partial charge in [0.15, 0.2) is 11.5 Å². The maximum absolute atomic E-state index is 6.60. The van der Waals surface area contributed by atoms with Crippen LogP contribution in [0.2, 0.25) is 0 Å². The molecule has 1 heterocycles. The highest BCUT2D eigenvalue weighted by Crippen LogP contribution is 2.56. The van der Waals surface area contributed by atoms with Crippen molar-refractivity contribution in [3.05, 3.63) is 59.7 Å².